The minimum absolute atomic E-state index is 0.105. The average Bonchev–Trinajstić information content (AvgIpc) is 3.21. The van der Waals surface area contributed by atoms with E-state index in [0.29, 0.717) is 31.6 Å². The van der Waals surface area contributed by atoms with Gasteiger partial charge < -0.3 is 33.8 Å². The Kier molecular flexibility index (Phi) is 64.6. The molecule has 0 aliphatic heterocycles. The third kappa shape index (κ3) is 67.0. The number of hydrogen-bond donors (Lipinski definition) is 3. The molecule has 3 unspecified atom stereocenters. The molecule has 19 heteroatoms. The van der Waals surface area contributed by atoms with Gasteiger partial charge >= 0.3 is 39.5 Å². The first-order valence-corrected chi connectivity index (χ1v) is 41.5. The summed E-state index contributed by atoms with van der Waals surface area (Å²) in [4.78, 5) is 72.6. The maximum Gasteiger partial charge on any atom is 0.472 e. The molecule has 0 aliphatic rings. The van der Waals surface area contributed by atoms with Crippen LogP contribution in [-0.2, 0) is 65.4 Å². The molecule has 0 spiro atoms. The number of phosphoric acid groups is 2. The zero-order valence-corrected chi connectivity index (χ0v) is 62.3. The van der Waals surface area contributed by atoms with E-state index in [2.05, 4.69) is 41.5 Å². The number of aliphatic hydroxyl groups excluding tert-OH is 1. The fourth-order valence-electron chi connectivity index (χ4n) is 11.3. The third-order valence-electron chi connectivity index (χ3n) is 17.6. The van der Waals surface area contributed by atoms with Crippen molar-refractivity contribution in [1.82, 2.24) is 0 Å². The molecule has 0 aromatic heterocycles. The minimum Gasteiger partial charge on any atom is -0.462 e. The second-order valence-corrected chi connectivity index (χ2v) is 30.3. The lowest BCUT2D eigenvalue weighted by atomic mass is 9.99. The predicted octanol–water partition coefficient (Wildman–Crippen LogP) is 21.6. The van der Waals surface area contributed by atoms with Crippen molar-refractivity contribution in [2.45, 2.75) is 400 Å². The Morgan fingerprint density at radius 3 is 0.817 bits per heavy atom. The maximum absolute atomic E-state index is 13.1. The lowest BCUT2D eigenvalue weighted by molar-refractivity contribution is -0.161. The quantitative estimate of drug-likeness (QED) is 0.0222. The van der Waals surface area contributed by atoms with Crippen LogP contribution in [0.5, 0.6) is 0 Å². The van der Waals surface area contributed by atoms with Gasteiger partial charge in [0, 0.05) is 25.7 Å². The van der Waals surface area contributed by atoms with Crippen LogP contribution in [0.15, 0.2) is 0 Å². The zero-order chi connectivity index (χ0) is 68.6. The Bertz CT molecular complexity index is 1810. The standard InChI is InChI=1S/C74H144O17P2/c1-7-10-12-14-16-18-20-21-22-23-27-30-34-37-44-50-56-71(76)84-62-69(90-74(79)59-53-47-39-35-31-28-25-24-26-29-32-36-43-49-55-67(6)9-3)64-88-92(80,81)86-60-68(75)61-87-93(82,83)89-65-70(63-85-72(77)57-51-45-41-40-42-48-54-66(4)5)91-73(78)58-52-46-38-33-19-17-15-13-11-8-2/h66-70,75H,7-65H2,1-6H3,(H,80,81)(H,82,83)/t67?,68-,69-,70-/m1/s1. The van der Waals surface area contributed by atoms with Crippen LogP contribution in [-0.4, -0.2) is 96.7 Å². The highest BCUT2D eigenvalue weighted by atomic mass is 31.2. The van der Waals surface area contributed by atoms with Crippen LogP contribution in [0.25, 0.3) is 0 Å². The topological polar surface area (TPSA) is 237 Å². The molecule has 93 heavy (non-hydrogen) atoms. The molecule has 0 aliphatic carbocycles. The molecule has 0 fully saturated rings. The van der Waals surface area contributed by atoms with Crippen molar-refractivity contribution >= 4 is 39.5 Å². The molecular formula is C74H144O17P2. The molecule has 0 heterocycles. The number of ether oxygens (including phenoxy) is 4. The summed E-state index contributed by atoms with van der Waals surface area (Å²) in [5.41, 5.74) is 0. The highest BCUT2D eigenvalue weighted by Gasteiger charge is 2.30. The summed E-state index contributed by atoms with van der Waals surface area (Å²) >= 11 is 0. The summed E-state index contributed by atoms with van der Waals surface area (Å²) in [6.45, 7) is 9.54. The Morgan fingerprint density at radius 1 is 0.312 bits per heavy atom. The van der Waals surface area contributed by atoms with Crippen molar-refractivity contribution in [3.05, 3.63) is 0 Å². The molecule has 0 saturated heterocycles. The van der Waals surface area contributed by atoms with E-state index in [1.165, 1.54) is 193 Å². The van der Waals surface area contributed by atoms with Gasteiger partial charge in [-0.1, -0.05) is 330 Å². The third-order valence-corrected chi connectivity index (χ3v) is 19.5. The van der Waals surface area contributed by atoms with Crippen LogP contribution in [0, 0.1) is 11.8 Å². The van der Waals surface area contributed by atoms with E-state index >= 15 is 0 Å². The van der Waals surface area contributed by atoms with E-state index in [1.54, 1.807) is 0 Å². The molecule has 17 nitrogen and oxygen atoms in total. The Balaban J connectivity index is 5.22. The van der Waals surface area contributed by atoms with Crippen LogP contribution < -0.4 is 0 Å². The van der Waals surface area contributed by atoms with Crippen LogP contribution in [0.2, 0.25) is 0 Å². The van der Waals surface area contributed by atoms with Crippen LogP contribution >= 0.6 is 15.6 Å². The van der Waals surface area contributed by atoms with Crippen LogP contribution in [0.1, 0.15) is 382 Å². The van der Waals surface area contributed by atoms with E-state index < -0.39 is 97.5 Å². The van der Waals surface area contributed by atoms with Gasteiger partial charge in [-0.2, -0.15) is 0 Å². The van der Waals surface area contributed by atoms with Crippen molar-refractivity contribution in [3.8, 4) is 0 Å². The lowest BCUT2D eigenvalue weighted by Gasteiger charge is -2.21. The van der Waals surface area contributed by atoms with E-state index in [4.69, 9.17) is 37.0 Å². The van der Waals surface area contributed by atoms with E-state index in [1.807, 2.05) is 0 Å². The second-order valence-electron chi connectivity index (χ2n) is 27.4. The summed E-state index contributed by atoms with van der Waals surface area (Å²) in [7, 11) is -9.90. The second kappa shape index (κ2) is 66.0. The maximum atomic E-state index is 13.1. The summed E-state index contributed by atoms with van der Waals surface area (Å²) < 4.78 is 68.4. The van der Waals surface area contributed by atoms with Crippen molar-refractivity contribution in [2.24, 2.45) is 11.8 Å². The van der Waals surface area contributed by atoms with Crippen molar-refractivity contribution in [3.63, 3.8) is 0 Å². The van der Waals surface area contributed by atoms with E-state index in [0.717, 1.165) is 102 Å². The smallest absolute Gasteiger partial charge is 0.462 e. The fraction of sp³-hybridized carbons (Fsp3) is 0.946. The van der Waals surface area contributed by atoms with Gasteiger partial charge in [0.2, 0.25) is 0 Å². The Hall–Kier alpha value is -1.94. The number of unbranched alkanes of at least 4 members (excludes halogenated alkanes) is 42. The van der Waals surface area contributed by atoms with Gasteiger partial charge in [0.05, 0.1) is 26.4 Å². The number of aliphatic hydroxyl groups is 1. The number of phosphoric ester groups is 2. The first-order valence-electron chi connectivity index (χ1n) is 38.5. The molecule has 0 rings (SSSR count). The van der Waals surface area contributed by atoms with Gasteiger partial charge in [0.25, 0.3) is 0 Å². The summed E-state index contributed by atoms with van der Waals surface area (Å²) in [5, 5.41) is 10.6. The van der Waals surface area contributed by atoms with E-state index in [-0.39, 0.29) is 25.7 Å². The molecule has 0 aromatic rings. The highest BCUT2D eigenvalue weighted by Crippen LogP contribution is 2.45. The normalized spacial score (nSPS) is 14.3. The van der Waals surface area contributed by atoms with Gasteiger partial charge in [0.1, 0.15) is 19.3 Å². The van der Waals surface area contributed by atoms with Crippen molar-refractivity contribution in [1.29, 1.82) is 0 Å². The molecule has 0 aromatic carbocycles. The van der Waals surface area contributed by atoms with Crippen molar-refractivity contribution < 1.29 is 80.2 Å². The molecule has 0 saturated carbocycles. The number of rotatable bonds is 73. The number of carbonyl (C=O) groups excluding carboxylic acids is 4. The van der Waals surface area contributed by atoms with Gasteiger partial charge in [0.15, 0.2) is 12.2 Å². The molecular weight excluding hydrogens is 1220 g/mol. The lowest BCUT2D eigenvalue weighted by Crippen LogP contribution is -2.30. The Morgan fingerprint density at radius 2 is 0.548 bits per heavy atom. The van der Waals surface area contributed by atoms with Crippen LogP contribution in [0.4, 0.5) is 0 Å². The van der Waals surface area contributed by atoms with Gasteiger partial charge in [-0.05, 0) is 37.5 Å². The first kappa shape index (κ1) is 91.1. The number of esters is 4. The molecule has 0 radical (unpaired) electrons. The van der Waals surface area contributed by atoms with Crippen molar-refractivity contribution in [2.75, 3.05) is 39.6 Å². The zero-order valence-electron chi connectivity index (χ0n) is 60.6. The average molecular weight is 1370 g/mol. The number of carbonyl (C=O) groups is 4. The molecule has 0 amide bonds. The molecule has 3 N–H and O–H groups in total. The van der Waals surface area contributed by atoms with Gasteiger partial charge in [-0.15, -0.1) is 0 Å². The fourth-order valence-corrected chi connectivity index (χ4v) is 12.8. The SMILES string of the molecule is CCCCCCCCCCCCCCCCCCC(=O)OC[C@H](COP(=O)(O)OC[C@@H](O)COP(=O)(O)OC[C@@H](COC(=O)CCCCCCCCC(C)C)OC(=O)CCCCCCCCCCCC)OC(=O)CCCCCCCCCCCCCCCCC(C)CC. The minimum atomic E-state index is -4.96. The highest BCUT2D eigenvalue weighted by molar-refractivity contribution is 7.47. The summed E-state index contributed by atoms with van der Waals surface area (Å²) in [6.07, 6.45) is 52.8. The molecule has 0 bridgehead atoms. The predicted molar refractivity (Wildman–Crippen MR) is 377 cm³/mol. The monoisotopic (exact) mass is 1370 g/mol. The summed E-state index contributed by atoms with van der Waals surface area (Å²) in [6, 6.07) is 0. The van der Waals surface area contributed by atoms with Gasteiger partial charge in [-0.3, -0.25) is 37.3 Å². The number of hydrogen-bond acceptors (Lipinski definition) is 15. The Labute approximate surface area is 568 Å². The van der Waals surface area contributed by atoms with Crippen LogP contribution in [0.3, 0.4) is 0 Å². The largest absolute Gasteiger partial charge is 0.472 e. The van der Waals surface area contributed by atoms with Gasteiger partial charge in [-0.25, -0.2) is 9.13 Å². The molecule has 552 valence electrons. The summed E-state index contributed by atoms with van der Waals surface area (Å²) in [5.74, 6) is -0.594. The first-order chi connectivity index (χ1) is 44.9. The molecule has 6 atom stereocenters. The van der Waals surface area contributed by atoms with E-state index in [9.17, 15) is 43.2 Å².